The van der Waals surface area contributed by atoms with Crippen molar-refractivity contribution in [2.75, 3.05) is 0 Å². The molecule has 7 nitrogen and oxygen atoms in total. The van der Waals surface area contributed by atoms with E-state index in [1.54, 1.807) is 12.1 Å². The molecule has 0 atom stereocenters. The first kappa shape index (κ1) is 14.6. The first-order valence-electron chi connectivity index (χ1n) is 4.35. The lowest BCUT2D eigenvalue weighted by Gasteiger charge is -2.28. The number of hydrogen-bond donors (Lipinski definition) is 3. The van der Waals surface area contributed by atoms with Crippen molar-refractivity contribution in [3.8, 4) is 12.1 Å². The lowest BCUT2D eigenvalue weighted by Crippen LogP contribution is -2.38. The number of rotatable bonds is 6. The number of aliphatic carboxylic acids is 1. The second kappa shape index (κ2) is 5.62. The van der Waals surface area contributed by atoms with Gasteiger partial charge in [0.05, 0.1) is 12.1 Å². The van der Waals surface area contributed by atoms with Gasteiger partial charge in [-0.15, -0.1) is 0 Å². The fraction of sp³-hybridized carbons (Fsp3) is 0.625. The Labute approximate surface area is 92.1 Å². The quantitative estimate of drug-likeness (QED) is 0.582. The molecule has 0 spiro atoms. The van der Waals surface area contributed by atoms with Crippen molar-refractivity contribution in [2.45, 2.75) is 30.8 Å². The SMILES string of the molecule is N#CCCC(CCC#N)(C(=O)O)P(=O)(O)O. The minimum absolute atomic E-state index is 0.289. The molecular weight excluding hydrogens is 235 g/mol. The minimum atomic E-state index is -4.92. The fourth-order valence-corrected chi connectivity index (χ4v) is 2.34. The normalized spacial score (nSPS) is 11.5. The molecular formula is C8H11N2O5P. The molecule has 88 valence electrons. The van der Waals surface area contributed by atoms with E-state index in [4.69, 9.17) is 25.4 Å². The Morgan fingerprint density at radius 3 is 1.75 bits per heavy atom. The van der Waals surface area contributed by atoms with Gasteiger partial charge in [0, 0.05) is 12.8 Å². The Morgan fingerprint density at radius 1 is 1.19 bits per heavy atom. The molecule has 0 aromatic rings. The molecule has 3 N–H and O–H groups in total. The third-order valence-corrected chi connectivity index (χ3v) is 4.01. The van der Waals surface area contributed by atoms with Gasteiger partial charge >= 0.3 is 13.6 Å². The number of carboxylic acids is 1. The van der Waals surface area contributed by atoms with Crippen LogP contribution in [0.1, 0.15) is 25.7 Å². The second-order valence-corrected chi connectivity index (χ2v) is 5.14. The zero-order chi connectivity index (χ0) is 12.8. The predicted molar refractivity (Wildman–Crippen MR) is 52.1 cm³/mol. The summed E-state index contributed by atoms with van der Waals surface area (Å²) in [5, 5.41) is 23.3. The van der Waals surface area contributed by atoms with E-state index in [-0.39, 0.29) is 12.8 Å². The summed E-state index contributed by atoms with van der Waals surface area (Å²) in [6.07, 6.45) is -1.51. The third kappa shape index (κ3) is 3.04. The predicted octanol–water partition coefficient (Wildman–Crippen LogP) is 0.595. The van der Waals surface area contributed by atoms with Gasteiger partial charge in [-0.25, -0.2) is 0 Å². The summed E-state index contributed by atoms with van der Waals surface area (Å²) in [7, 11) is -4.92. The molecule has 0 fully saturated rings. The molecule has 0 rings (SSSR count). The standard InChI is InChI=1S/C8H11N2O5P/c9-5-1-3-8(7(11)12,4-2-6-10)16(13,14)15/h1-4H2,(H,11,12)(H2,13,14,15). The van der Waals surface area contributed by atoms with Gasteiger partial charge in [0.1, 0.15) is 0 Å². The van der Waals surface area contributed by atoms with Gasteiger partial charge in [0.25, 0.3) is 0 Å². The average molecular weight is 246 g/mol. The summed E-state index contributed by atoms with van der Waals surface area (Å²) < 4.78 is 11.2. The molecule has 8 heteroatoms. The molecule has 0 bridgehead atoms. The zero-order valence-electron chi connectivity index (χ0n) is 8.33. The molecule has 0 radical (unpaired) electrons. The third-order valence-electron chi connectivity index (χ3n) is 2.26. The molecule has 0 saturated heterocycles. The Kier molecular flexibility index (Phi) is 5.13. The van der Waals surface area contributed by atoms with Crippen LogP contribution in [-0.4, -0.2) is 26.0 Å². The summed E-state index contributed by atoms with van der Waals surface area (Å²) in [6, 6.07) is 3.27. The van der Waals surface area contributed by atoms with Crippen LogP contribution < -0.4 is 0 Å². The highest BCUT2D eigenvalue weighted by Gasteiger charge is 2.52. The topological polar surface area (TPSA) is 142 Å². The van der Waals surface area contributed by atoms with Crippen molar-refractivity contribution < 1.29 is 24.3 Å². The summed E-state index contributed by atoms with van der Waals surface area (Å²) in [6.45, 7) is 0. The average Bonchev–Trinajstić information content (AvgIpc) is 2.16. The Bertz CT molecular complexity index is 370. The lowest BCUT2D eigenvalue weighted by molar-refractivity contribution is -0.141. The van der Waals surface area contributed by atoms with Gasteiger partial charge in [-0.1, -0.05) is 0 Å². The van der Waals surface area contributed by atoms with Crippen LogP contribution in [0.2, 0.25) is 0 Å². The number of hydrogen-bond acceptors (Lipinski definition) is 4. The van der Waals surface area contributed by atoms with Gasteiger partial charge in [-0.2, -0.15) is 10.5 Å². The molecule has 0 aliphatic carbocycles. The maximum atomic E-state index is 11.2. The molecule has 0 aliphatic heterocycles. The van der Waals surface area contributed by atoms with E-state index in [1.807, 2.05) is 0 Å². The first-order valence-corrected chi connectivity index (χ1v) is 5.96. The van der Waals surface area contributed by atoms with Crippen molar-refractivity contribution in [1.82, 2.24) is 0 Å². The van der Waals surface area contributed by atoms with Crippen LogP contribution in [0.4, 0.5) is 0 Å². The maximum absolute atomic E-state index is 11.2. The van der Waals surface area contributed by atoms with Crippen molar-refractivity contribution in [3.05, 3.63) is 0 Å². The second-order valence-electron chi connectivity index (χ2n) is 3.20. The molecule has 0 aliphatic rings. The van der Waals surface area contributed by atoms with Crippen LogP contribution in [-0.2, 0) is 9.36 Å². The van der Waals surface area contributed by atoms with Crippen molar-refractivity contribution in [1.29, 1.82) is 10.5 Å². The van der Waals surface area contributed by atoms with E-state index in [0.717, 1.165) is 0 Å². The van der Waals surface area contributed by atoms with Crippen LogP contribution in [0.5, 0.6) is 0 Å². The number of nitrogens with zero attached hydrogens (tertiary/aromatic N) is 2. The minimum Gasteiger partial charge on any atom is -0.480 e. The van der Waals surface area contributed by atoms with Crippen LogP contribution >= 0.6 is 7.60 Å². The molecule has 0 unspecified atom stereocenters. The van der Waals surface area contributed by atoms with Crippen molar-refractivity contribution >= 4 is 13.6 Å². The van der Waals surface area contributed by atoms with E-state index in [1.165, 1.54) is 0 Å². The maximum Gasteiger partial charge on any atom is 0.342 e. The molecule has 16 heavy (non-hydrogen) atoms. The van der Waals surface area contributed by atoms with E-state index < -0.39 is 31.6 Å². The summed E-state index contributed by atoms with van der Waals surface area (Å²) in [5.74, 6) is -1.67. The molecule has 0 amide bonds. The summed E-state index contributed by atoms with van der Waals surface area (Å²) in [5.41, 5.74) is 0. The fourth-order valence-electron chi connectivity index (χ4n) is 1.28. The van der Waals surface area contributed by atoms with Crippen LogP contribution in [0.3, 0.4) is 0 Å². The van der Waals surface area contributed by atoms with E-state index >= 15 is 0 Å². The van der Waals surface area contributed by atoms with Crippen LogP contribution in [0.25, 0.3) is 0 Å². The Balaban J connectivity index is 5.26. The first-order chi connectivity index (χ1) is 7.31. The van der Waals surface area contributed by atoms with Crippen LogP contribution in [0.15, 0.2) is 0 Å². The lowest BCUT2D eigenvalue weighted by atomic mass is 9.97. The van der Waals surface area contributed by atoms with E-state index in [9.17, 15) is 9.36 Å². The number of nitriles is 2. The zero-order valence-corrected chi connectivity index (χ0v) is 9.22. The van der Waals surface area contributed by atoms with Gasteiger partial charge in [0.2, 0.25) is 0 Å². The smallest absolute Gasteiger partial charge is 0.342 e. The van der Waals surface area contributed by atoms with Crippen molar-refractivity contribution in [2.24, 2.45) is 0 Å². The van der Waals surface area contributed by atoms with Gasteiger partial charge < -0.3 is 14.9 Å². The van der Waals surface area contributed by atoms with Crippen molar-refractivity contribution in [3.63, 3.8) is 0 Å². The van der Waals surface area contributed by atoms with Crippen LogP contribution in [0, 0.1) is 22.7 Å². The van der Waals surface area contributed by atoms with E-state index in [0.29, 0.717) is 0 Å². The molecule has 0 aromatic heterocycles. The monoisotopic (exact) mass is 246 g/mol. The van der Waals surface area contributed by atoms with E-state index in [2.05, 4.69) is 0 Å². The molecule has 0 saturated carbocycles. The number of carbonyl (C=O) groups is 1. The highest BCUT2D eigenvalue weighted by Crippen LogP contribution is 2.55. The summed E-state index contributed by atoms with van der Waals surface area (Å²) >= 11 is 0. The van der Waals surface area contributed by atoms with Gasteiger partial charge in [-0.05, 0) is 12.8 Å². The highest BCUT2D eigenvalue weighted by molar-refractivity contribution is 7.54. The Hall–Kier alpha value is -1.40. The molecule has 0 heterocycles. The van der Waals surface area contributed by atoms with Gasteiger partial charge in [0.15, 0.2) is 5.16 Å². The summed E-state index contributed by atoms with van der Waals surface area (Å²) in [4.78, 5) is 29.1. The largest absolute Gasteiger partial charge is 0.480 e. The molecule has 0 aromatic carbocycles. The number of carboxylic acid groups (broad SMARTS) is 1. The Morgan fingerprint density at radius 2 is 1.56 bits per heavy atom. The van der Waals surface area contributed by atoms with Gasteiger partial charge in [-0.3, -0.25) is 9.36 Å². The highest BCUT2D eigenvalue weighted by atomic mass is 31.2.